The molecule has 0 aromatic heterocycles. The van der Waals surface area contributed by atoms with Crippen LogP contribution in [0.4, 0.5) is 4.39 Å². The monoisotopic (exact) mass is 261 g/mol. The Bertz CT molecular complexity index is 347. The Morgan fingerprint density at radius 2 is 2.07 bits per heavy atom. The molecule has 1 aromatic carbocycles. The van der Waals surface area contributed by atoms with E-state index in [1.54, 1.807) is 13.8 Å². The van der Waals surface area contributed by atoms with Gasteiger partial charge in [0.1, 0.15) is 11.6 Å². The topological polar surface area (TPSA) is 46.2 Å². The van der Waals surface area contributed by atoms with Gasteiger partial charge in [-0.1, -0.05) is 0 Å². The molecule has 78 valence electrons. The molecule has 0 bridgehead atoms. The molecule has 0 radical (unpaired) electrons. The standard InChI is InChI=1S/C10H13BrFNO/c1-10(2,13)5-6-8(12)4-3-7(11)9(6)14/h3-4,14H,5,13H2,1-2H3. The largest absolute Gasteiger partial charge is 0.506 e. The third kappa shape index (κ3) is 2.69. The van der Waals surface area contributed by atoms with Crippen molar-refractivity contribution in [1.29, 1.82) is 0 Å². The molecule has 0 spiro atoms. The summed E-state index contributed by atoms with van der Waals surface area (Å²) < 4.78 is 13.8. The maximum absolute atomic E-state index is 13.3. The van der Waals surface area contributed by atoms with Crippen LogP contribution in [0.3, 0.4) is 0 Å². The first-order valence-electron chi connectivity index (χ1n) is 4.26. The lowest BCUT2D eigenvalue weighted by molar-refractivity contribution is 0.433. The normalized spacial score (nSPS) is 11.8. The summed E-state index contributed by atoms with van der Waals surface area (Å²) in [4.78, 5) is 0. The average molecular weight is 262 g/mol. The number of phenolic OH excluding ortho intramolecular Hbond substituents is 1. The smallest absolute Gasteiger partial charge is 0.135 e. The molecule has 0 fully saturated rings. The maximum atomic E-state index is 13.3. The lowest BCUT2D eigenvalue weighted by Crippen LogP contribution is -2.34. The van der Waals surface area contributed by atoms with Crippen molar-refractivity contribution in [2.24, 2.45) is 5.73 Å². The Morgan fingerprint density at radius 1 is 1.50 bits per heavy atom. The zero-order valence-corrected chi connectivity index (χ0v) is 9.73. The molecule has 0 amide bonds. The molecule has 0 heterocycles. The van der Waals surface area contributed by atoms with Crippen LogP contribution in [0.15, 0.2) is 16.6 Å². The fourth-order valence-electron chi connectivity index (χ4n) is 1.21. The second-order valence-electron chi connectivity index (χ2n) is 4.02. The van der Waals surface area contributed by atoms with Gasteiger partial charge in [0, 0.05) is 11.1 Å². The second kappa shape index (κ2) is 3.87. The van der Waals surface area contributed by atoms with E-state index in [-0.39, 0.29) is 11.3 Å². The average Bonchev–Trinajstić information content (AvgIpc) is 2.04. The fraction of sp³-hybridized carbons (Fsp3) is 0.400. The Labute approximate surface area is 91.1 Å². The lowest BCUT2D eigenvalue weighted by atomic mass is 9.95. The van der Waals surface area contributed by atoms with E-state index in [1.807, 2.05) is 0 Å². The van der Waals surface area contributed by atoms with Crippen LogP contribution in [0.5, 0.6) is 5.75 Å². The van der Waals surface area contributed by atoms with E-state index in [4.69, 9.17) is 5.73 Å². The van der Waals surface area contributed by atoms with Crippen molar-refractivity contribution < 1.29 is 9.50 Å². The van der Waals surface area contributed by atoms with Crippen molar-refractivity contribution in [3.63, 3.8) is 0 Å². The highest BCUT2D eigenvalue weighted by atomic mass is 79.9. The van der Waals surface area contributed by atoms with Gasteiger partial charge in [0.15, 0.2) is 0 Å². The molecule has 3 N–H and O–H groups in total. The van der Waals surface area contributed by atoms with Crippen LogP contribution in [-0.2, 0) is 6.42 Å². The summed E-state index contributed by atoms with van der Waals surface area (Å²) in [6.45, 7) is 3.57. The van der Waals surface area contributed by atoms with Crippen LogP contribution in [0.1, 0.15) is 19.4 Å². The van der Waals surface area contributed by atoms with Gasteiger partial charge in [-0.05, 0) is 48.3 Å². The van der Waals surface area contributed by atoms with Crippen LogP contribution in [0.2, 0.25) is 0 Å². The minimum Gasteiger partial charge on any atom is -0.506 e. The van der Waals surface area contributed by atoms with Crippen molar-refractivity contribution in [3.8, 4) is 5.75 Å². The van der Waals surface area contributed by atoms with Gasteiger partial charge in [0.2, 0.25) is 0 Å². The van der Waals surface area contributed by atoms with Crippen LogP contribution in [0.25, 0.3) is 0 Å². The summed E-state index contributed by atoms with van der Waals surface area (Å²) in [5.74, 6) is -0.493. The number of nitrogens with two attached hydrogens (primary N) is 1. The van der Waals surface area contributed by atoms with Gasteiger partial charge in [-0.25, -0.2) is 4.39 Å². The molecule has 4 heteroatoms. The van der Waals surface area contributed by atoms with Crippen molar-refractivity contribution in [3.05, 3.63) is 28.0 Å². The number of aromatic hydroxyl groups is 1. The molecule has 0 atom stereocenters. The van der Waals surface area contributed by atoms with Gasteiger partial charge in [-0.2, -0.15) is 0 Å². The fourth-order valence-corrected chi connectivity index (χ4v) is 1.58. The molecule has 0 saturated heterocycles. The number of hydrogen-bond donors (Lipinski definition) is 2. The summed E-state index contributed by atoms with van der Waals surface area (Å²) in [6.07, 6.45) is 0.296. The first-order chi connectivity index (χ1) is 6.31. The molecule has 0 aliphatic carbocycles. The van der Waals surface area contributed by atoms with Crippen molar-refractivity contribution in [1.82, 2.24) is 0 Å². The Balaban J connectivity index is 3.13. The highest BCUT2D eigenvalue weighted by molar-refractivity contribution is 9.10. The van der Waals surface area contributed by atoms with Gasteiger partial charge in [0.05, 0.1) is 4.47 Å². The number of phenols is 1. The van der Waals surface area contributed by atoms with E-state index >= 15 is 0 Å². The van der Waals surface area contributed by atoms with Crippen LogP contribution in [0, 0.1) is 5.82 Å². The quantitative estimate of drug-likeness (QED) is 0.860. The minimum absolute atomic E-state index is 0.0662. The third-order valence-electron chi connectivity index (χ3n) is 1.81. The van der Waals surface area contributed by atoms with E-state index in [2.05, 4.69) is 15.9 Å². The van der Waals surface area contributed by atoms with Crippen LogP contribution in [-0.4, -0.2) is 10.6 Å². The first-order valence-corrected chi connectivity index (χ1v) is 5.05. The minimum atomic E-state index is -0.543. The molecule has 1 aromatic rings. The zero-order chi connectivity index (χ0) is 10.9. The zero-order valence-electron chi connectivity index (χ0n) is 8.14. The number of hydrogen-bond acceptors (Lipinski definition) is 2. The number of benzene rings is 1. The summed E-state index contributed by atoms with van der Waals surface area (Å²) in [7, 11) is 0. The molecule has 2 nitrogen and oxygen atoms in total. The van der Waals surface area contributed by atoms with Crippen LogP contribution >= 0.6 is 15.9 Å². The third-order valence-corrected chi connectivity index (χ3v) is 2.45. The Morgan fingerprint density at radius 3 is 2.57 bits per heavy atom. The Hall–Kier alpha value is -0.610. The van der Waals surface area contributed by atoms with Crippen molar-refractivity contribution in [2.75, 3.05) is 0 Å². The molecule has 0 aliphatic heterocycles. The molecule has 1 rings (SSSR count). The van der Waals surface area contributed by atoms with E-state index in [9.17, 15) is 9.50 Å². The van der Waals surface area contributed by atoms with Crippen LogP contribution < -0.4 is 5.73 Å². The number of rotatable bonds is 2. The summed E-state index contributed by atoms with van der Waals surface area (Å²) >= 11 is 3.13. The molecular formula is C10H13BrFNO. The summed E-state index contributed by atoms with van der Waals surface area (Å²) in [5.41, 5.74) is 5.48. The van der Waals surface area contributed by atoms with E-state index in [0.717, 1.165) is 0 Å². The van der Waals surface area contributed by atoms with Gasteiger partial charge in [0.25, 0.3) is 0 Å². The van der Waals surface area contributed by atoms with E-state index in [0.29, 0.717) is 10.9 Å². The molecule has 0 saturated carbocycles. The van der Waals surface area contributed by atoms with Gasteiger partial charge < -0.3 is 10.8 Å². The summed E-state index contributed by atoms with van der Waals surface area (Å²) in [6, 6.07) is 2.78. The molecule has 0 unspecified atom stereocenters. The molecular weight excluding hydrogens is 249 g/mol. The van der Waals surface area contributed by atoms with Crippen molar-refractivity contribution in [2.45, 2.75) is 25.8 Å². The van der Waals surface area contributed by atoms with Gasteiger partial charge in [-0.15, -0.1) is 0 Å². The van der Waals surface area contributed by atoms with Gasteiger partial charge in [-0.3, -0.25) is 0 Å². The van der Waals surface area contributed by atoms with E-state index in [1.165, 1.54) is 12.1 Å². The van der Waals surface area contributed by atoms with Crippen molar-refractivity contribution >= 4 is 15.9 Å². The first kappa shape index (κ1) is 11.5. The predicted molar refractivity (Wildman–Crippen MR) is 57.7 cm³/mol. The lowest BCUT2D eigenvalue weighted by Gasteiger charge is -2.19. The van der Waals surface area contributed by atoms with E-state index < -0.39 is 11.4 Å². The Kier molecular flexibility index (Phi) is 3.17. The number of halogens is 2. The second-order valence-corrected chi connectivity index (χ2v) is 4.88. The highest BCUT2D eigenvalue weighted by Crippen LogP contribution is 2.31. The van der Waals surface area contributed by atoms with Gasteiger partial charge >= 0.3 is 0 Å². The molecule has 14 heavy (non-hydrogen) atoms. The highest BCUT2D eigenvalue weighted by Gasteiger charge is 2.19. The summed E-state index contributed by atoms with van der Waals surface area (Å²) in [5, 5.41) is 9.60. The SMILES string of the molecule is CC(C)(N)Cc1c(F)ccc(Br)c1O. The maximum Gasteiger partial charge on any atom is 0.135 e. The molecule has 0 aliphatic rings. The predicted octanol–water partition coefficient (Wildman–Crippen LogP) is 2.57.